The lowest BCUT2D eigenvalue weighted by atomic mass is 9.32. The van der Waals surface area contributed by atoms with Crippen molar-refractivity contribution in [1.82, 2.24) is 4.90 Å². The molecule has 2 spiro atoms. The van der Waals surface area contributed by atoms with Gasteiger partial charge in [-0.15, -0.1) is 0 Å². The third-order valence-electron chi connectivity index (χ3n) is 10.6. The maximum absolute atomic E-state index is 12.3. The van der Waals surface area contributed by atoms with Crippen molar-refractivity contribution in [2.45, 2.75) is 83.5 Å². The number of esters is 1. The van der Waals surface area contributed by atoms with Crippen LogP contribution in [0.25, 0.3) is 0 Å². The van der Waals surface area contributed by atoms with Crippen LogP contribution in [-0.4, -0.2) is 48.7 Å². The molecule has 5 aliphatic carbocycles. The summed E-state index contributed by atoms with van der Waals surface area (Å²) in [4.78, 5) is 14.9. The SMILES string of the molecule is C=C1C[C@]23CCC1C[C@H]2[C@@]12CCC[C@@]4(C)[C@@H]5OCCN5C1OC3C(OC(C)=O)[C@H]42. The Balaban J connectivity index is 1.47. The van der Waals surface area contributed by atoms with E-state index in [1.165, 1.54) is 37.7 Å². The van der Waals surface area contributed by atoms with E-state index in [9.17, 15) is 4.79 Å². The van der Waals surface area contributed by atoms with Crippen LogP contribution in [0.2, 0.25) is 0 Å². The van der Waals surface area contributed by atoms with E-state index in [0.29, 0.717) is 17.8 Å². The van der Waals surface area contributed by atoms with Gasteiger partial charge in [0.05, 0.1) is 6.61 Å². The number of piperidine rings is 1. The third-order valence-corrected chi connectivity index (χ3v) is 10.6. The van der Waals surface area contributed by atoms with Gasteiger partial charge in [0.1, 0.15) is 24.7 Å². The first-order valence-corrected chi connectivity index (χ1v) is 11.8. The number of hydrogen-bond donors (Lipinski definition) is 0. The highest BCUT2D eigenvalue weighted by atomic mass is 16.6. The van der Waals surface area contributed by atoms with Crippen LogP contribution in [0, 0.1) is 34.0 Å². The minimum Gasteiger partial charge on any atom is -0.459 e. The first-order valence-electron chi connectivity index (χ1n) is 11.8. The standard InChI is InChI=1S/C24H33NO4/c1-13-12-23-8-5-15(13)11-16(23)24-7-4-6-22(3)18(24)17(28-14(2)26)19(23)29-21(24)25-9-10-27-20(22)25/h15-21H,1,4-12H2,2-3H3/t15?,16-,17?,18-,19?,20+,21?,22-,23-,24-/m1/s1. The van der Waals surface area contributed by atoms with Gasteiger partial charge in [-0.05, 0) is 50.4 Å². The number of carbonyl (C=O) groups is 1. The number of ether oxygens (including phenoxy) is 3. The molecule has 5 nitrogen and oxygen atoms in total. The molecule has 29 heavy (non-hydrogen) atoms. The number of hydrogen-bond acceptors (Lipinski definition) is 5. The second-order valence-electron chi connectivity index (χ2n) is 11.5. The Morgan fingerprint density at radius 1 is 1.28 bits per heavy atom. The van der Waals surface area contributed by atoms with Gasteiger partial charge in [0.15, 0.2) is 0 Å². The zero-order valence-electron chi connectivity index (χ0n) is 17.7. The van der Waals surface area contributed by atoms with Crippen LogP contribution in [-0.2, 0) is 19.0 Å². The topological polar surface area (TPSA) is 48.0 Å². The van der Waals surface area contributed by atoms with Crippen molar-refractivity contribution < 1.29 is 19.0 Å². The van der Waals surface area contributed by atoms with E-state index in [4.69, 9.17) is 14.2 Å². The Morgan fingerprint density at radius 2 is 2.14 bits per heavy atom. The Labute approximate surface area is 173 Å². The molecule has 0 radical (unpaired) electrons. The summed E-state index contributed by atoms with van der Waals surface area (Å²) in [6.07, 6.45) is 8.49. The smallest absolute Gasteiger partial charge is 0.303 e. The summed E-state index contributed by atoms with van der Waals surface area (Å²) < 4.78 is 19.6. The molecule has 158 valence electrons. The average Bonchev–Trinajstić information content (AvgIpc) is 3.17. The Kier molecular flexibility index (Phi) is 3.23. The number of allylic oxidation sites excluding steroid dienone is 1. The van der Waals surface area contributed by atoms with Gasteiger partial charge in [-0.3, -0.25) is 4.79 Å². The number of nitrogens with zero attached hydrogens (tertiary/aromatic N) is 1. The van der Waals surface area contributed by atoms with Crippen molar-refractivity contribution in [2.75, 3.05) is 13.2 Å². The van der Waals surface area contributed by atoms with Crippen LogP contribution in [0.1, 0.15) is 58.8 Å². The molecule has 9 rings (SSSR count). The van der Waals surface area contributed by atoms with Crippen molar-refractivity contribution in [2.24, 2.45) is 34.0 Å². The van der Waals surface area contributed by atoms with Gasteiger partial charge in [0.25, 0.3) is 0 Å². The van der Waals surface area contributed by atoms with Crippen LogP contribution in [0.4, 0.5) is 0 Å². The molecule has 9 aliphatic rings. The first kappa shape index (κ1) is 17.7. The normalized spacial score (nSPS) is 59.4. The highest BCUT2D eigenvalue weighted by Crippen LogP contribution is 2.79. The quantitative estimate of drug-likeness (QED) is 0.499. The van der Waals surface area contributed by atoms with E-state index in [1.54, 1.807) is 6.92 Å². The second-order valence-corrected chi connectivity index (χ2v) is 11.5. The van der Waals surface area contributed by atoms with Crippen LogP contribution in [0.3, 0.4) is 0 Å². The van der Waals surface area contributed by atoms with Crippen LogP contribution >= 0.6 is 0 Å². The molecule has 4 aliphatic heterocycles. The summed E-state index contributed by atoms with van der Waals surface area (Å²) in [6, 6.07) is 0. The molecular formula is C24H33NO4. The van der Waals surface area contributed by atoms with Crippen LogP contribution in [0.15, 0.2) is 12.2 Å². The van der Waals surface area contributed by atoms with E-state index < -0.39 is 0 Å². The van der Waals surface area contributed by atoms with Crippen LogP contribution in [0.5, 0.6) is 0 Å². The lowest BCUT2D eigenvalue weighted by Gasteiger charge is -2.80. The molecule has 5 heteroatoms. The van der Waals surface area contributed by atoms with Gasteiger partial charge in [0, 0.05) is 35.6 Å². The first-order chi connectivity index (χ1) is 13.9. The summed E-state index contributed by atoms with van der Waals surface area (Å²) in [6.45, 7) is 10.2. The minimum atomic E-state index is -0.160. The minimum absolute atomic E-state index is 0.00486. The van der Waals surface area contributed by atoms with E-state index in [1.807, 2.05) is 0 Å². The van der Waals surface area contributed by atoms with E-state index in [2.05, 4.69) is 18.4 Å². The summed E-state index contributed by atoms with van der Waals surface area (Å²) in [5.74, 6) is 1.54. The van der Waals surface area contributed by atoms with Crippen molar-refractivity contribution in [3.63, 3.8) is 0 Å². The number of carbonyl (C=O) groups excluding carboxylic acids is 1. The molecule has 0 aromatic heterocycles. The molecule has 5 saturated carbocycles. The van der Waals surface area contributed by atoms with Crippen molar-refractivity contribution in [3.8, 4) is 0 Å². The fraction of sp³-hybridized carbons (Fsp3) is 0.875. The summed E-state index contributed by atoms with van der Waals surface area (Å²) in [7, 11) is 0. The molecule has 9 fully saturated rings. The van der Waals surface area contributed by atoms with Gasteiger partial charge >= 0.3 is 5.97 Å². The van der Waals surface area contributed by atoms with Crippen molar-refractivity contribution in [1.29, 1.82) is 0 Å². The summed E-state index contributed by atoms with van der Waals surface area (Å²) in [5.41, 5.74) is 1.66. The highest BCUT2D eigenvalue weighted by molar-refractivity contribution is 5.66. The zero-order valence-corrected chi connectivity index (χ0v) is 17.7. The lowest BCUT2D eigenvalue weighted by Crippen LogP contribution is -2.85. The second kappa shape index (κ2) is 5.28. The predicted molar refractivity (Wildman–Crippen MR) is 106 cm³/mol. The monoisotopic (exact) mass is 399 g/mol. The Morgan fingerprint density at radius 3 is 2.93 bits per heavy atom. The van der Waals surface area contributed by atoms with Crippen molar-refractivity contribution >= 4 is 5.97 Å². The predicted octanol–water partition coefficient (Wildman–Crippen LogP) is 3.48. The van der Waals surface area contributed by atoms with Gasteiger partial charge < -0.3 is 14.2 Å². The molecule has 4 unspecified atom stereocenters. The van der Waals surface area contributed by atoms with Gasteiger partial charge in [-0.2, -0.15) is 0 Å². The molecule has 0 aromatic carbocycles. The summed E-state index contributed by atoms with van der Waals surface area (Å²) in [5, 5.41) is 0. The van der Waals surface area contributed by atoms with Crippen molar-refractivity contribution in [3.05, 3.63) is 12.2 Å². The van der Waals surface area contributed by atoms with E-state index in [0.717, 1.165) is 26.0 Å². The van der Waals surface area contributed by atoms with Gasteiger partial charge in [-0.25, -0.2) is 4.90 Å². The summed E-state index contributed by atoms with van der Waals surface area (Å²) >= 11 is 0. The molecule has 10 atom stereocenters. The highest BCUT2D eigenvalue weighted by Gasteiger charge is 2.82. The fourth-order valence-electron chi connectivity index (χ4n) is 10.1. The third kappa shape index (κ3) is 1.77. The number of fused-ring (bicyclic) bond motifs is 4. The fourth-order valence-corrected chi connectivity index (χ4v) is 10.1. The molecule has 7 bridgehead atoms. The molecule has 0 N–H and O–H groups in total. The van der Waals surface area contributed by atoms with E-state index in [-0.39, 0.29) is 46.9 Å². The maximum atomic E-state index is 12.3. The maximum Gasteiger partial charge on any atom is 0.303 e. The van der Waals surface area contributed by atoms with Gasteiger partial charge in [-0.1, -0.05) is 25.5 Å². The largest absolute Gasteiger partial charge is 0.459 e. The molecule has 4 heterocycles. The molecule has 0 aromatic rings. The Hall–Kier alpha value is -0.910. The average molecular weight is 400 g/mol. The molecular weight excluding hydrogens is 366 g/mol. The van der Waals surface area contributed by atoms with Crippen LogP contribution < -0.4 is 0 Å². The van der Waals surface area contributed by atoms with E-state index >= 15 is 0 Å². The molecule has 4 saturated heterocycles. The number of rotatable bonds is 1. The Bertz CT molecular complexity index is 813. The molecule has 0 amide bonds. The lowest BCUT2D eigenvalue weighted by molar-refractivity contribution is -0.438. The van der Waals surface area contributed by atoms with Gasteiger partial charge in [0.2, 0.25) is 0 Å². The zero-order chi connectivity index (χ0) is 19.8.